The van der Waals surface area contributed by atoms with Gasteiger partial charge in [0.05, 0.1) is 24.5 Å². The average Bonchev–Trinajstić information content (AvgIpc) is 2.41. The molecule has 0 radical (unpaired) electrons. The Hall–Kier alpha value is -2.17. The van der Waals surface area contributed by atoms with Gasteiger partial charge in [-0.1, -0.05) is 6.07 Å². The molecule has 0 saturated heterocycles. The Morgan fingerprint density at radius 2 is 1.90 bits per heavy atom. The molecule has 0 fully saturated rings. The SMILES string of the molecule is CCOc1ccc(NC(C)c2c(F)cccc2F)cn1. The van der Waals surface area contributed by atoms with Gasteiger partial charge in [0.2, 0.25) is 5.88 Å². The van der Waals surface area contributed by atoms with Crippen molar-refractivity contribution in [2.75, 3.05) is 11.9 Å². The first-order valence-corrected chi connectivity index (χ1v) is 6.41. The van der Waals surface area contributed by atoms with Gasteiger partial charge in [-0.3, -0.25) is 0 Å². The van der Waals surface area contributed by atoms with Crippen molar-refractivity contribution in [1.29, 1.82) is 0 Å². The molecule has 0 aliphatic rings. The van der Waals surface area contributed by atoms with E-state index < -0.39 is 17.7 Å². The van der Waals surface area contributed by atoms with Gasteiger partial charge in [-0.05, 0) is 32.0 Å². The Morgan fingerprint density at radius 1 is 1.20 bits per heavy atom. The molecule has 5 heteroatoms. The molecule has 2 aromatic rings. The van der Waals surface area contributed by atoms with Crippen LogP contribution in [0.2, 0.25) is 0 Å². The van der Waals surface area contributed by atoms with Crippen LogP contribution in [-0.2, 0) is 0 Å². The van der Waals surface area contributed by atoms with Crippen LogP contribution in [0.4, 0.5) is 14.5 Å². The quantitative estimate of drug-likeness (QED) is 0.899. The predicted molar refractivity (Wildman–Crippen MR) is 73.8 cm³/mol. The molecule has 0 saturated carbocycles. The first-order chi connectivity index (χ1) is 9.61. The number of benzene rings is 1. The Labute approximate surface area is 116 Å². The second-order valence-corrected chi connectivity index (χ2v) is 4.32. The lowest BCUT2D eigenvalue weighted by atomic mass is 10.1. The van der Waals surface area contributed by atoms with Crippen LogP contribution < -0.4 is 10.1 Å². The number of nitrogens with one attached hydrogen (secondary N) is 1. The number of halogens is 2. The monoisotopic (exact) mass is 278 g/mol. The summed E-state index contributed by atoms with van der Waals surface area (Å²) in [6, 6.07) is 6.79. The highest BCUT2D eigenvalue weighted by molar-refractivity contribution is 5.44. The maximum atomic E-state index is 13.7. The molecule has 1 aromatic carbocycles. The zero-order valence-electron chi connectivity index (χ0n) is 11.4. The van der Waals surface area contributed by atoms with Gasteiger partial charge in [-0.15, -0.1) is 0 Å². The van der Waals surface area contributed by atoms with E-state index in [1.54, 1.807) is 25.3 Å². The van der Waals surface area contributed by atoms with Crippen LogP contribution >= 0.6 is 0 Å². The number of anilines is 1. The normalized spacial score (nSPS) is 12.0. The van der Waals surface area contributed by atoms with Gasteiger partial charge in [0.15, 0.2) is 0 Å². The molecule has 1 N–H and O–H groups in total. The zero-order valence-corrected chi connectivity index (χ0v) is 11.4. The van der Waals surface area contributed by atoms with Crippen molar-refractivity contribution in [1.82, 2.24) is 4.98 Å². The highest BCUT2D eigenvalue weighted by Crippen LogP contribution is 2.24. The van der Waals surface area contributed by atoms with Crippen molar-refractivity contribution in [2.24, 2.45) is 0 Å². The molecule has 0 aliphatic heterocycles. The van der Waals surface area contributed by atoms with Crippen molar-refractivity contribution < 1.29 is 13.5 Å². The fraction of sp³-hybridized carbons (Fsp3) is 0.267. The predicted octanol–water partition coefficient (Wildman–Crippen LogP) is 3.93. The molecule has 0 spiro atoms. The maximum absolute atomic E-state index is 13.7. The smallest absolute Gasteiger partial charge is 0.213 e. The molecule has 0 amide bonds. The largest absolute Gasteiger partial charge is 0.478 e. The number of ether oxygens (including phenoxy) is 1. The van der Waals surface area contributed by atoms with E-state index in [2.05, 4.69) is 10.3 Å². The van der Waals surface area contributed by atoms with E-state index >= 15 is 0 Å². The maximum Gasteiger partial charge on any atom is 0.213 e. The van der Waals surface area contributed by atoms with Gasteiger partial charge in [-0.2, -0.15) is 0 Å². The van der Waals surface area contributed by atoms with Gasteiger partial charge in [-0.25, -0.2) is 13.8 Å². The van der Waals surface area contributed by atoms with Crippen molar-refractivity contribution in [3.63, 3.8) is 0 Å². The first-order valence-electron chi connectivity index (χ1n) is 6.41. The van der Waals surface area contributed by atoms with E-state index in [1.165, 1.54) is 18.2 Å². The molecular weight excluding hydrogens is 262 g/mol. The Balaban J connectivity index is 2.13. The number of aromatic nitrogens is 1. The van der Waals surface area contributed by atoms with Gasteiger partial charge >= 0.3 is 0 Å². The topological polar surface area (TPSA) is 34.1 Å². The lowest BCUT2D eigenvalue weighted by Gasteiger charge is -2.17. The number of nitrogens with zero attached hydrogens (tertiary/aromatic N) is 1. The third kappa shape index (κ3) is 3.23. The molecule has 1 unspecified atom stereocenters. The highest BCUT2D eigenvalue weighted by atomic mass is 19.1. The minimum Gasteiger partial charge on any atom is -0.478 e. The van der Waals surface area contributed by atoms with Crippen molar-refractivity contribution in [3.8, 4) is 5.88 Å². The van der Waals surface area contributed by atoms with Gasteiger partial charge in [0.1, 0.15) is 11.6 Å². The van der Waals surface area contributed by atoms with Gasteiger partial charge in [0, 0.05) is 11.6 Å². The molecule has 1 atom stereocenters. The Kier molecular flexibility index (Phi) is 4.50. The Morgan fingerprint density at radius 3 is 2.45 bits per heavy atom. The summed E-state index contributed by atoms with van der Waals surface area (Å²) in [6.45, 7) is 4.10. The number of hydrogen-bond acceptors (Lipinski definition) is 3. The lowest BCUT2D eigenvalue weighted by molar-refractivity contribution is 0.327. The van der Waals surface area contributed by atoms with E-state index in [-0.39, 0.29) is 5.56 Å². The number of rotatable bonds is 5. The van der Waals surface area contributed by atoms with Crippen molar-refractivity contribution in [2.45, 2.75) is 19.9 Å². The lowest BCUT2D eigenvalue weighted by Crippen LogP contribution is -2.11. The average molecular weight is 278 g/mol. The summed E-state index contributed by atoms with van der Waals surface area (Å²) < 4.78 is 32.5. The zero-order chi connectivity index (χ0) is 14.5. The van der Waals surface area contributed by atoms with Gasteiger partial charge < -0.3 is 10.1 Å². The highest BCUT2D eigenvalue weighted by Gasteiger charge is 2.15. The number of hydrogen-bond donors (Lipinski definition) is 1. The third-order valence-electron chi connectivity index (χ3n) is 2.84. The molecule has 106 valence electrons. The summed E-state index contributed by atoms with van der Waals surface area (Å²) in [5, 5.41) is 3.01. The van der Waals surface area contributed by atoms with Crippen LogP contribution in [0.15, 0.2) is 36.5 Å². The van der Waals surface area contributed by atoms with E-state index in [9.17, 15) is 8.78 Å². The van der Waals surface area contributed by atoms with Crippen LogP contribution in [-0.4, -0.2) is 11.6 Å². The third-order valence-corrected chi connectivity index (χ3v) is 2.84. The summed E-state index contributed by atoms with van der Waals surface area (Å²) in [6.07, 6.45) is 1.57. The standard InChI is InChI=1S/C15H16F2N2O/c1-3-20-14-8-7-11(9-18-14)19-10(2)15-12(16)5-4-6-13(15)17/h4-10,19H,3H2,1-2H3. The van der Waals surface area contributed by atoms with Gasteiger partial charge in [0.25, 0.3) is 0 Å². The molecule has 20 heavy (non-hydrogen) atoms. The molecular formula is C15H16F2N2O. The summed E-state index contributed by atoms with van der Waals surface area (Å²) >= 11 is 0. The minimum atomic E-state index is -0.566. The summed E-state index contributed by atoms with van der Waals surface area (Å²) in [7, 11) is 0. The molecule has 0 aliphatic carbocycles. The molecule has 1 heterocycles. The van der Waals surface area contributed by atoms with Crippen molar-refractivity contribution in [3.05, 3.63) is 53.7 Å². The number of pyridine rings is 1. The molecule has 3 nitrogen and oxygen atoms in total. The molecule has 0 bridgehead atoms. The van der Waals surface area contributed by atoms with E-state index in [0.717, 1.165) is 0 Å². The van der Waals surface area contributed by atoms with E-state index in [1.807, 2.05) is 6.92 Å². The fourth-order valence-electron chi connectivity index (χ4n) is 1.95. The second-order valence-electron chi connectivity index (χ2n) is 4.32. The van der Waals surface area contributed by atoms with Crippen LogP contribution in [0, 0.1) is 11.6 Å². The summed E-state index contributed by atoms with van der Waals surface area (Å²) in [5.74, 6) is -0.615. The van der Waals surface area contributed by atoms with E-state index in [0.29, 0.717) is 18.2 Å². The summed E-state index contributed by atoms with van der Waals surface area (Å²) in [4.78, 5) is 4.09. The van der Waals surface area contributed by atoms with E-state index in [4.69, 9.17) is 4.74 Å². The Bertz CT molecular complexity index is 552. The van der Waals surface area contributed by atoms with Crippen LogP contribution in [0.25, 0.3) is 0 Å². The first kappa shape index (κ1) is 14.2. The molecule has 2 rings (SSSR count). The fourth-order valence-corrected chi connectivity index (χ4v) is 1.95. The van der Waals surface area contributed by atoms with Crippen molar-refractivity contribution >= 4 is 5.69 Å². The summed E-state index contributed by atoms with van der Waals surface area (Å²) in [5.41, 5.74) is 0.685. The molecule has 1 aromatic heterocycles. The second kappa shape index (κ2) is 6.32. The minimum absolute atomic E-state index is 0.0152. The van der Waals surface area contributed by atoms with Crippen LogP contribution in [0.3, 0.4) is 0 Å². The van der Waals surface area contributed by atoms with Crippen LogP contribution in [0.5, 0.6) is 5.88 Å². The van der Waals surface area contributed by atoms with Crippen LogP contribution in [0.1, 0.15) is 25.5 Å².